The van der Waals surface area contributed by atoms with Gasteiger partial charge in [-0.05, 0) is 5.41 Å². The largest absolute Gasteiger partial charge is 0.364 e. The van der Waals surface area contributed by atoms with Gasteiger partial charge in [0.2, 0.25) is 0 Å². The Labute approximate surface area is 54.9 Å². The van der Waals surface area contributed by atoms with Gasteiger partial charge in [-0.1, -0.05) is 25.9 Å². The molecule has 0 radical (unpaired) electrons. The average molecular weight is 125 g/mol. The zero-order valence-corrected chi connectivity index (χ0v) is 6.01. The van der Waals surface area contributed by atoms with Gasteiger partial charge in [0.1, 0.15) is 6.26 Å². The van der Waals surface area contributed by atoms with Crippen molar-refractivity contribution < 1.29 is 4.52 Å². The van der Waals surface area contributed by atoms with Crippen molar-refractivity contribution in [2.75, 3.05) is 0 Å². The van der Waals surface area contributed by atoms with E-state index in [1.165, 1.54) is 0 Å². The molecule has 0 saturated carbocycles. The van der Waals surface area contributed by atoms with Gasteiger partial charge in [0.25, 0.3) is 0 Å². The molecule has 1 heterocycles. The van der Waals surface area contributed by atoms with Crippen molar-refractivity contribution in [2.45, 2.75) is 26.2 Å². The van der Waals surface area contributed by atoms with E-state index in [0.29, 0.717) is 0 Å². The third kappa shape index (κ3) is 1.31. The van der Waals surface area contributed by atoms with Crippen LogP contribution in [0.4, 0.5) is 0 Å². The summed E-state index contributed by atoms with van der Waals surface area (Å²) in [6.45, 7) is 6.37. The van der Waals surface area contributed by atoms with Crippen LogP contribution >= 0.6 is 0 Å². The molecule has 0 unspecified atom stereocenters. The van der Waals surface area contributed by atoms with Gasteiger partial charge < -0.3 is 4.52 Å². The van der Waals surface area contributed by atoms with Crippen LogP contribution in [0.5, 0.6) is 0 Å². The Morgan fingerprint density at radius 1 is 1.44 bits per heavy atom. The fourth-order valence-electron chi connectivity index (χ4n) is 0.575. The average Bonchev–Trinajstić information content (AvgIpc) is 2.08. The summed E-state index contributed by atoms with van der Waals surface area (Å²) in [7, 11) is 0. The fourth-order valence-corrected chi connectivity index (χ4v) is 0.575. The minimum atomic E-state index is 0.167. The van der Waals surface area contributed by atoms with E-state index in [0.717, 1.165) is 5.56 Å². The Bertz CT molecular complexity index is 171. The summed E-state index contributed by atoms with van der Waals surface area (Å²) in [5, 5.41) is 3.61. The molecule has 2 nitrogen and oxygen atoms in total. The summed E-state index contributed by atoms with van der Waals surface area (Å²) in [6, 6.07) is 0. The maximum absolute atomic E-state index is 4.69. The first-order valence-corrected chi connectivity index (χ1v) is 3.00. The number of rotatable bonds is 0. The van der Waals surface area contributed by atoms with Crippen LogP contribution in [-0.4, -0.2) is 5.16 Å². The Hall–Kier alpha value is -0.790. The lowest BCUT2D eigenvalue weighted by Crippen LogP contribution is -2.08. The second-order valence-corrected chi connectivity index (χ2v) is 3.16. The number of aromatic nitrogens is 1. The first-order valence-electron chi connectivity index (χ1n) is 3.00. The number of hydrogen-bond acceptors (Lipinski definition) is 2. The second kappa shape index (κ2) is 1.87. The van der Waals surface area contributed by atoms with E-state index in [1.807, 2.05) is 0 Å². The molecule has 0 aromatic carbocycles. The van der Waals surface area contributed by atoms with E-state index in [2.05, 4.69) is 25.9 Å². The molecule has 1 rings (SSSR count). The zero-order valence-electron chi connectivity index (χ0n) is 6.01. The highest BCUT2D eigenvalue weighted by Crippen LogP contribution is 2.20. The van der Waals surface area contributed by atoms with Gasteiger partial charge in [-0.3, -0.25) is 0 Å². The quantitative estimate of drug-likeness (QED) is 0.529. The molecule has 0 atom stereocenters. The molecule has 0 aliphatic rings. The van der Waals surface area contributed by atoms with Crippen LogP contribution < -0.4 is 0 Å². The van der Waals surface area contributed by atoms with E-state index in [-0.39, 0.29) is 5.41 Å². The van der Waals surface area contributed by atoms with Crippen LogP contribution in [0, 0.1) is 0 Å². The second-order valence-electron chi connectivity index (χ2n) is 3.16. The minimum Gasteiger partial charge on any atom is -0.364 e. The first-order chi connectivity index (χ1) is 4.11. The topological polar surface area (TPSA) is 26.0 Å². The third-order valence-electron chi connectivity index (χ3n) is 1.30. The van der Waals surface area contributed by atoms with E-state index < -0.39 is 0 Å². The summed E-state index contributed by atoms with van der Waals surface area (Å²) in [4.78, 5) is 0. The molecule has 0 aliphatic carbocycles. The molecule has 1 aromatic heterocycles. The number of nitrogens with zero attached hydrogens (tertiary/aromatic N) is 1. The zero-order chi connectivity index (χ0) is 6.91. The Balaban J connectivity index is 2.90. The molecule has 0 aliphatic heterocycles. The monoisotopic (exact) mass is 125 g/mol. The summed E-state index contributed by atoms with van der Waals surface area (Å²) in [6.07, 6.45) is 3.43. The van der Waals surface area contributed by atoms with Gasteiger partial charge in [-0.2, -0.15) is 0 Å². The molecule has 2 heteroatoms. The highest BCUT2D eigenvalue weighted by atomic mass is 16.5. The molecular weight excluding hydrogens is 114 g/mol. The van der Waals surface area contributed by atoms with Gasteiger partial charge >= 0.3 is 0 Å². The van der Waals surface area contributed by atoms with E-state index in [4.69, 9.17) is 4.52 Å². The van der Waals surface area contributed by atoms with Crippen molar-refractivity contribution in [3.05, 3.63) is 18.0 Å². The Morgan fingerprint density at radius 3 is 2.33 bits per heavy atom. The van der Waals surface area contributed by atoms with Crippen molar-refractivity contribution in [3.8, 4) is 0 Å². The Morgan fingerprint density at radius 2 is 2.11 bits per heavy atom. The predicted molar refractivity (Wildman–Crippen MR) is 35.2 cm³/mol. The molecule has 0 fully saturated rings. The van der Waals surface area contributed by atoms with Crippen LogP contribution in [-0.2, 0) is 5.41 Å². The standard InChI is InChI=1S/C7H11NO/c1-7(2,3)6-4-8-9-5-6/h4-5H,1-3H3. The lowest BCUT2D eigenvalue weighted by atomic mass is 9.90. The van der Waals surface area contributed by atoms with Gasteiger partial charge in [-0.15, -0.1) is 0 Å². The predicted octanol–water partition coefficient (Wildman–Crippen LogP) is 1.97. The SMILES string of the molecule is CC(C)(C)c1cnoc1. The maximum Gasteiger partial charge on any atom is 0.127 e. The first kappa shape index (κ1) is 6.33. The van der Waals surface area contributed by atoms with Crippen LogP contribution in [0.2, 0.25) is 0 Å². The summed E-state index contributed by atoms with van der Waals surface area (Å²) in [5.74, 6) is 0. The van der Waals surface area contributed by atoms with Gasteiger partial charge in [0.15, 0.2) is 0 Å². The highest BCUT2D eigenvalue weighted by Gasteiger charge is 2.14. The molecule has 0 bridgehead atoms. The van der Waals surface area contributed by atoms with E-state index in [1.54, 1.807) is 12.5 Å². The summed E-state index contributed by atoms with van der Waals surface area (Å²) in [5.41, 5.74) is 1.31. The molecule has 0 N–H and O–H groups in total. The molecule has 0 spiro atoms. The van der Waals surface area contributed by atoms with Crippen molar-refractivity contribution >= 4 is 0 Å². The Kier molecular flexibility index (Phi) is 1.31. The molecule has 9 heavy (non-hydrogen) atoms. The normalized spacial score (nSPS) is 11.9. The van der Waals surface area contributed by atoms with Crippen LogP contribution in [0.1, 0.15) is 26.3 Å². The maximum atomic E-state index is 4.69. The van der Waals surface area contributed by atoms with Crippen molar-refractivity contribution in [1.82, 2.24) is 5.16 Å². The molecule has 1 aromatic rings. The lowest BCUT2D eigenvalue weighted by Gasteiger charge is -2.13. The van der Waals surface area contributed by atoms with Crippen molar-refractivity contribution in [1.29, 1.82) is 0 Å². The smallest absolute Gasteiger partial charge is 0.127 e. The summed E-state index contributed by atoms with van der Waals surface area (Å²) >= 11 is 0. The van der Waals surface area contributed by atoms with Crippen molar-refractivity contribution in [3.63, 3.8) is 0 Å². The molecular formula is C7H11NO. The molecule has 0 amide bonds. The van der Waals surface area contributed by atoms with Crippen LogP contribution in [0.25, 0.3) is 0 Å². The van der Waals surface area contributed by atoms with Gasteiger partial charge in [-0.25, -0.2) is 0 Å². The minimum absolute atomic E-state index is 0.167. The van der Waals surface area contributed by atoms with E-state index >= 15 is 0 Å². The summed E-state index contributed by atoms with van der Waals surface area (Å²) < 4.78 is 4.69. The van der Waals surface area contributed by atoms with Gasteiger partial charge in [0.05, 0.1) is 6.20 Å². The fraction of sp³-hybridized carbons (Fsp3) is 0.571. The number of hydrogen-bond donors (Lipinski definition) is 0. The molecule has 50 valence electrons. The lowest BCUT2D eigenvalue weighted by molar-refractivity contribution is 0.416. The highest BCUT2D eigenvalue weighted by molar-refractivity contribution is 5.12. The van der Waals surface area contributed by atoms with Crippen molar-refractivity contribution in [2.24, 2.45) is 0 Å². The molecule has 0 saturated heterocycles. The van der Waals surface area contributed by atoms with E-state index in [9.17, 15) is 0 Å². The van der Waals surface area contributed by atoms with Crippen LogP contribution in [0.15, 0.2) is 17.0 Å². The van der Waals surface area contributed by atoms with Crippen LogP contribution in [0.3, 0.4) is 0 Å². The third-order valence-corrected chi connectivity index (χ3v) is 1.30. The van der Waals surface area contributed by atoms with Gasteiger partial charge in [0, 0.05) is 5.56 Å².